The fraction of sp³-hybridized carbons (Fsp3) is 0.333. The first kappa shape index (κ1) is 52.8. The minimum atomic E-state index is -0.967. The van der Waals surface area contributed by atoms with Gasteiger partial charge < -0.3 is 24.1 Å². The molecule has 1 aliphatic carbocycles. The molecule has 15 nitrogen and oxygen atoms in total. The van der Waals surface area contributed by atoms with E-state index in [-0.39, 0.29) is 36.2 Å². The van der Waals surface area contributed by atoms with Crippen LogP contribution in [0, 0.1) is 5.82 Å². The highest BCUT2D eigenvalue weighted by atomic mass is 35.5. The van der Waals surface area contributed by atoms with E-state index in [2.05, 4.69) is 64.9 Å². The summed E-state index contributed by atoms with van der Waals surface area (Å²) in [5, 5.41) is 10.9. The Labute approximate surface area is 462 Å². The lowest BCUT2D eigenvalue weighted by atomic mass is 9.54. The molecule has 1 saturated heterocycles. The number of rotatable bonds is 17. The molecule has 2 atom stereocenters. The number of nitrogens with zero attached hydrogens (tertiary/aromatic N) is 9. The Morgan fingerprint density at radius 3 is 2.32 bits per heavy atom. The van der Waals surface area contributed by atoms with Gasteiger partial charge in [0.1, 0.15) is 34.1 Å². The van der Waals surface area contributed by atoms with Gasteiger partial charge in [-0.1, -0.05) is 80.4 Å². The van der Waals surface area contributed by atoms with Crippen LogP contribution in [0.4, 0.5) is 9.18 Å². The van der Waals surface area contributed by atoms with Gasteiger partial charge in [-0.2, -0.15) is 10.2 Å². The molecular weight excluding hydrogens is 1030 g/mol. The zero-order chi connectivity index (χ0) is 54.3. The van der Waals surface area contributed by atoms with Crippen molar-refractivity contribution in [2.75, 3.05) is 65.8 Å². The first-order valence-electron chi connectivity index (χ1n) is 26.4. The highest BCUT2D eigenvalue weighted by molar-refractivity contribution is 6.31. The molecule has 8 aromatic rings. The van der Waals surface area contributed by atoms with E-state index in [1.807, 2.05) is 89.8 Å². The number of H-pyrrole nitrogens is 1. The summed E-state index contributed by atoms with van der Waals surface area (Å²) < 4.78 is 35.0. The minimum absolute atomic E-state index is 0.127. The normalized spacial score (nSPS) is 18.2. The average Bonchev–Trinajstić information content (AvgIpc) is 1.92. The molecule has 3 aliphatic rings. The largest absolute Gasteiger partial charge is 0.493 e. The van der Waals surface area contributed by atoms with Gasteiger partial charge >= 0.3 is 6.03 Å². The summed E-state index contributed by atoms with van der Waals surface area (Å²) >= 11 is 13.2. The molecule has 0 bridgehead atoms. The zero-order valence-corrected chi connectivity index (χ0v) is 45.8. The SMILES string of the molecule is CCOc1cc(C(C)(C)C)ccc1C1=N[C@@]2(c3ccc(Cl)cc3)c3cc(Cl)ccc3[C@]2(C)N1C(=O)N1CCN(CCOCCOCCC(=O)n2cc(-c3cnc4[nH]cc(-c5cnn(Cc6cccc(F)c6)c5)c4c3)cn2)CC1. The van der Waals surface area contributed by atoms with Crippen LogP contribution in [0.25, 0.3) is 33.3 Å². The van der Waals surface area contributed by atoms with Gasteiger partial charge in [0.15, 0.2) is 0 Å². The molecule has 4 aromatic heterocycles. The Kier molecular flexibility index (Phi) is 14.6. The van der Waals surface area contributed by atoms with Crippen LogP contribution in [0.5, 0.6) is 5.75 Å². The maximum Gasteiger partial charge on any atom is 0.326 e. The number of piperazine rings is 1. The fourth-order valence-corrected chi connectivity index (χ4v) is 11.4. The summed E-state index contributed by atoms with van der Waals surface area (Å²) in [5.41, 5.74) is 7.60. The quantitative estimate of drug-likeness (QED) is 0.0880. The summed E-state index contributed by atoms with van der Waals surface area (Å²) in [5.74, 6) is 0.739. The van der Waals surface area contributed by atoms with Crippen molar-refractivity contribution in [3.63, 3.8) is 0 Å². The highest BCUT2D eigenvalue weighted by Gasteiger charge is 2.71. The topological polar surface area (TPSA) is 148 Å². The van der Waals surface area contributed by atoms with Gasteiger partial charge in [0, 0.05) is 95.2 Å². The molecule has 2 amide bonds. The van der Waals surface area contributed by atoms with E-state index >= 15 is 4.79 Å². The smallest absolute Gasteiger partial charge is 0.326 e. The number of halogens is 3. The van der Waals surface area contributed by atoms with Crippen LogP contribution < -0.4 is 4.74 Å². The van der Waals surface area contributed by atoms with Crippen molar-refractivity contribution in [2.24, 2.45) is 4.99 Å². The van der Waals surface area contributed by atoms with Crippen molar-refractivity contribution in [1.29, 1.82) is 0 Å². The van der Waals surface area contributed by atoms with Crippen LogP contribution in [-0.2, 0) is 32.5 Å². The van der Waals surface area contributed by atoms with Gasteiger partial charge in [-0.25, -0.2) is 23.8 Å². The third kappa shape index (κ3) is 9.89. The van der Waals surface area contributed by atoms with E-state index in [1.165, 1.54) is 16.8 Å². The average molecular weight is 1090 g/mol. The molecule has 4 aromatic carbocycles. The number of hydrogen-bond acceptors (Lipinski definition) is 10. The number of amides is 2. The number of nitrogens with one attached hydrogen (secondary N) is 1. The fourth-order valence-electron chi connectivity index (χ4n) is 11.1. The minimum Gasteiger partial charge on any atom is -0.493 e. The van der Waals surface area contributed by atoms with Crippen LogP contribution in [-0.4, -0.2) is 128 Å². The van der Waals surface area contributed by atoms with Crippen molar-refractivity contribution < 1.29 is 28.2 Å². The molecular formula is C60H61Cl2FN10O5. The van der Waals surface area contributed by atoms with Gasteiger partial charge in [-0.05, 0) is 102 Å². The van der Waals surface area contributed by atoms with Crippen molar-refractivity contribution in [1.82, 2.24) is 44.2 Å². The van der Waals surface area contributed by atoms with Crippen LogP contribution in [0.15, 0.2) is 133 Å². The zero-order valence-electron chi connectivity index (χ0n) is 44.3. The lowest BCUT2D eigenvalue weighted by Crippen LogP contribution is -2.66. The van der Waals surface area contributed by atoms with E-state index in [4.69, 9.17) is 42.4 Å². The van der Waals surface area contributed by atoms with E-state index in [9.17, 15) is 9.18 Å². The molecule has 6 heterocycles. The number of ether oxygens (including phenoxy) is 3. The van der Waals surface area contributed by atoms with Gasteiger partial charge in [-0.3, -0.25) is 19.3 Å². The third-order valence-corrected chi connectivity index (χ3v) is 15.8. The third-order valence-electron chi connectivity index (χ3n) is 15.3. The van der Waals surface area contributed by atoms with Crippen molar-refractivity contribution in [3.8, 4) is 28.0 Å². The predicted molar refractivity (Wildman–Crippen MR) is 300 cm³/mol. The number of aromatic nitrogens is 6. The second-order valence-corrected chi connectivity index (χ2v) is 22.0. The summed E-state index contributed by atoms with van der Waals surface area (Å²) in [6.07, 6.45) is 10.8. The van der Waals surface area contributed by atoms with Crippen LogP contribution in [0.1, 0.15) is 79.2 Å². The molecule has 2 aliphatic heterocycles. The van der Waals surface area contributed by atoms with Gasteiger partial charge in [0.05, 0.1) is 64.0 Å². The maximum absolute atomic E-state index is 15.4. The summed E-state index contributed by atoms with van der Waals surface area (Å²) in [7, 11) is 0. The Morgan fingerprint density at radius 2 is 1.55 bits per heavy atom. The predicted octanol–water partition coefficient (Wildman–Crippen LogP) is 11.2. The van der Waals surface area contributed by atoms with Crippen molar-refractivity contribution in [3.05, 3.63) is 177 Å². The number of fused-ring (bicyclic) bond motifs is 5. The van der Waals surface area contributed by atoms with Gasteiger partial charge in [-0.15, -0.1) is 0 Å². The second kappa shape index (κ2) is 21.6. The van der Waals surface area contributed by atoms with Crippen LogP contribution in [0.3, 0.4) is 0 Å². The monoisotopic (exact) mass is 1090 g/mol. The molecule has 78 heavy (non-hydrogen) atoms. The standard InChI is InChI=1S/C60H61Cl2FN10O5/c1-6-78-53-30-44(58(2,3)4)12-16-48(53)56-68-60(43-10-13-45(61)14-11-43)52-31-46(62)15-17-51(52)59(60,5)73(56)57(75)70-21-19-69(20-22-70)23-25-77-27-26-76-24-18-54(74)72-38-41(33-67-72)40-29-49-50(35-65-55(49)64-32-40)42-34-66-71(37-42)36-39-8-7-9-47(63)28-39/h7-17,28-35,37-38H,6,18-27,36H2,1-5H3,(H,64,65)/t59-,60-/m0/s1. The summed E-state index contributed by atoms with van der Waals surface area (Å²) in [6, 6.07) is 28.2. The van der Waals surface area contributed by atoms with E-state index in [0.717, 1.165) is 61.0 Å². The Balaban J connectivity index is 0.673. The summed E-state index contributed by atoms with van der Waals surface area (Å²) in [6.45, 7) is 16.0. The number of amidine groups is 1. The molecule has 1 N–H and O–H groups in total. The molecule has 11 rings (SSSR count). The van der Waals surface area contributed by atoms with Gasteiger partial charge in [0.2, 0.25) is 5.91 Å². The molecule has 0 radical (unpaired) electrons. The van der Waals surface area contributed by atoms with E-state index < -0.39 is 11.1 Å². The Morgan fingerprint density at radius 1 is 0.782 bits per heavy atom. The van der Waals surface area contributed by atoms with E-state index in [1.54, 1.807) is 35.5 Å². The lowest BCUT2D eigenvalue weighted by Gasteiger charge is -2.56. The molecule has 402 valence electrons. The van der Waals surface area contributed by atoms with Crippen molar-refractivity contribution >= 4 is 52.0 Å². The number of benzene rings is 4. The molecule has 0 unspecified atom stereocenters. The number of carbonyl (C=O) groups excluding carboxylic acids is 2. The molecule has 1 fully saturated rings. The first-order chi connectivity index (χ1) is 37.6. The van der Waals surface area contributed by atoms with Crippen LogP contribution in [0.2, 0.25) is 10.0 Å². The number of urea groups is 1. The summed E-state index contributed by atoms with van der Waals surface area (Å²) in [4.78, 5) is 48.1. The number of pyridine rings is 1. The Hall–Kier alpha value is -7.21. The number of aromatic amines is 1. The lowest BCUT2D eigenvalue weighted by molar-refractivity contribution is 0.0295. The molecule has 18 heteroatoms. The van der Waals surface area contributed by atoms with Crippen LogP contribution >= 0.6 is 23.2 Å². The number of carbonyl (C=O) groups is 2. The molecule has 0 spiro atoms. The first-order valence-corrected chi connectivity index (χ1v) is 27.1. The van der Waals surface area contributed by atoms with Gasteiger partial charge in [0.25, 0.3) is 0 Å². The Bertz CT molecular complexity index is 3560. The number of hydrogen-bond donors (Lipinski definition) is 1. The van der Waals surface area contributed by atoms with Crippen molar-refractivity contribution in [2.45, 2.75) is 64.1 Å². The van der Waals surface area contributed by atoms with E-state index in [0.29, 0.717) is 93.0 Å². The maximum atomic E-state index is 15.4. The number of aliphatic imine (C=N–C) groups is 1. The highest BCUT2D eigenvalue weighted by Crippen LogP contribution is 2.66. The molecule has 0 saturated carbocycles. The second-order valence-electron chi connectivity index (χ2n) is 21.2.